The predicted molar refractivity (Wildman–Crippen MR) is 53.8 cm³/mol. The van der Waals surface area contributed by atoms with E-state index in [0.29, 0.717) is 6.42 Å². The average molecular weight is 226 g/mol. The van der Waals surface area contributed by atoms with E-state index >= 15 is 0 Å². The molecule has 0 aliphatic heterocycles. The molecule has 1 unspecified atom stereocenters. The summed E-state index contributed by atoms with van der Waals surface area (Å²) in [5.41, 5.74) is 0. The highest BCUT2D eigenvalue weighted by atomic mass is 32.1. The molecule has 0 fully saturated rings. The zero-order valence-corrected chi connectivity index (χ0v) is 8.94. The highest BCUT2D eigenvalue weighted by molar-refractivity contribution is 7.16. The van der Waals surface area contributed by atoms with Crippen molar-refractivity contribution < 1.29 is 9.90 Å². The molecule has 2 rings (SSSR count). The fourth-order valence-electron chi connectivity index (χ4n) is 1.35. The number of hydrogen-bond acceptors (Lipinski definition) is 5. The molecule has 2 aromatic rings. The molecule has 2 heterocycles. The lowest BCUT2D eigenvalue weighted by Crippen LogP contribution is -2.07. The quantitative estimate of drug-likeness (QED) is 0.835. The van der Waals surface area contributed by atoms with Gasteiger partial charge in [0.2, 0.25) is 4.96 Å². The molecule has 2 aromatic heterocycles. The number of hydrogen-bond donors (Lipinski definition) is 1. The number of carbonyl (C=O) groups is 1. The lowest BCUT2D eigenvalue weighted by atomic mass is 10.1. The molecular formula is C8H10N4O2S. The second-order valence-electron chi connectivity index (χ2n) is 3.46. The number of nitrogens with zero attached hydrogens (tertiary/aromatic N) is 4. The summed E-state index contributed by atoms with van der Waals surface area (Å²) in [6.45, 7) is 1.90. The van der Waals surface area contributed by atoms with Crippen LogP contribution in [0.15, 0.2) is 6.33 Å². The molecule has 0 aliphatic rings. The largest absolute Gasteiger partial charge is 0.481 e. The summed E-state index contributed by atoms with van der Waals surface area (Å²) in [7, 11) is 0. The van der Waals surface area contributed by atoms with E-state index in [0.717, 1.165) is 9.97 Å². The maximum absolute atomic E-state index is 10.5. The molecule has 0 saturated carbocycles. The molecule has 80 valence electrons. The molecule has 0 amide bonds. The first kappa shape index (κ1) is 10.0. The Kier molecular flexibility index (Phi) is 2.63. The van der Waals surface area contributed by atoms with Crippen molar-refractivity contribution >= 4 is 22.3 Å². The Hall–Kier alpha value is -1.50. The first-order valence-electron chi connectivity index (χ1n) is 4.52. The van der Waals surface area contributed by atoms with Crippen LogP contribution in [0.2, 0.25) is 0 Å². The topological polar surface area (TPSA) is 80.4 Å². The van der Waals surface area contributed by atoms with Crippen LogP contribution >= 0.6 is 11.3 Å². The maximum atomic E-state index is 10.5. The molecule has 7 heteroatoms. The van der Waals surface area contributed by atoms with Crippen LogP contribution < -0.4 is 0 Å². The molecule has 0 saturated heterocycles. The second-order valence-corrected chi connectivity index (χ2v) is 4.50. The van der Waals surface area contributed by atoms with Crippen molar-refractivity contribution in [2.24, 2.45) is 5.92 Å². The van der Waals surface area contributed by atoms with E-state index in [2.05, 4.69) is 15.3 Å². The predicted octanol–water partition coefficient (Wildman–Crippen LogP) is 0.839. The molecule has 15 heavy (non-hydrogen) atoms. The SMILES string of the molecule is CC(CC(=O)O)Cc1nn2cnnc2s1. The first-order chi connectivity index (χ1) is 7.15. The molecule has 0 aliphatic carbocycles. The fourth-order valence-corrected chi connectivity index (χ4v) is 2.33. The smallest absolute Gasteiger partial charge is 0.303 e. The van der Waals surface area contributed by atoms with Crippen LogP contribution in [0.4, 0.5) is 0 Å². The van der Waals surface area contributed by atoms with Crippen molar-refractivity contribution in [3.63, 3.8) is 0 Å². The van der Waals surface area contributed by atoms with E-state index in [1.807, 2.05) is 6.92 Å². The van der Waals surface area contributed by atoms with Gasteiger partial charge in [-0.1, -0.05) is 18.3 Å². The molecule has 0 spiro atoms. The Labute approximate surface area is 89.6 Å². The number of aromatic nitrogens is 4. The lowest BCUT2D eigenvalue weighted by Gasteiger charge is -2.03. The van der Waals surface area contributed by atoms with Crippen LogP contribution in [0.1, 0.15) is 18.4 Å². The minimum Gasteiger partial charge on any atom is -0.481 e. The Morgan fingerprint density at radius 1 is 1.73 bits per heavy atom. The van der Waals surface area contributed by atoms with Gasteiger partial charge in [-0.15, -0.1) is 10.2 Å². The van der Waals surface area contributed by atoms with Crippen molar-refractivity contribution in [3.05, 3.63) is 11.3 Å². The normalized spacial score (nSPS) is 13.1. The van der Waals surface area contributed by atoms with Crippen molar-refractivity contribution in [1.29, 1.82) is 0 Å². The highest BCUT2D eigenvalue weighted by Crippen LogP contribution is 2.17. The Morgan fingerprint density at radius 2 is 2.53 bits per heavy atom. The van der Waals surface area contributed by atoms with E-state index in [-0.39, 0.29) is 12.3 Å². The minimum atomic E-state index is -0.773. The molecular weight excluding hydrogens is 216 g/mol. The van der Waals surface area contributed by atoms with Gasteiger partial charge in [0.15, 0.2) is 0 Å². The second kappa shape index (κ2) is 3.93. The third kappa shape index (κ3) is 2.30. The number of aliphatic carboxylic acids is 1. The number of carboxylic acids is 1. The van der Waals surface area contributed by atoms with Gasteiger partial charge < -0.3 is 5.11 Å². The van der Waals surface area contributed by atoms with Crippen LogP contribution in [0.25, 0.3) is 4.96 Å². The van der Waals surface area contributed by atoms with Crippen LogP contribution in [0, 0.1) is 5.92 Å². The molecule has 0 aromatic carbocycles. The maximum Gasteiger partial charge on any atom is 0.303 e. The lowest BCUT2D eigenvalue weighted by molar-refractivity contribution is -0.137. The van der Waals surface area contributed by atoms with Gasteiger partial charge in [0.05, 0.1) is 0 Å². The minimum absolute atomic E-state index is 0.0892. The number of rotatable bonds is 4. The molecule has 1 N–H and O–H groups in total. The molecule has 0 bridgehead atoms. The number of carboxylic acid groups (broad SMARTS) is 1. The van der Waals surface area contributed by atoms with E-state index < -0.39 is 5.97 Å². The van der Waals surface area contributed by atoms with Crippen molar-refractivity contribution in [2.75, 3.05) is 0 Å². The van der Waals surface area contributed by atoms with Crippen LogP contribution in [0.3, 0.4) is 0 Å². The van der Waals surface area contributed by atoms with Gasteiger partial charge in [-0.2, -0.15) is 9.61 Å². The Balaban J connectivity index is 2.05. The Bertz CT molecular complexity index is 449. The summed E-state index contributed by atoms with van der Waals surface area (Å²) >= 11 is 1.44. The van der Waals surface area contributed by atoms with Crippen LogP contribution in [-0.2, 0) is 11.2 Å². The van der Waals surface area contributed by atoms with E-state index in [4.69, 9.17) is 5.11 Å². The summed E-state index contributed by atoms with van der Waals surface area (Å²) in [6, 6.07) is 0. The van der Waals surface area contributed by atoms with Gasteiger partial charge in [-0.25, -0.2) is 0 Å². The van der Waals surface area contributed by atoms with Crippen LogP contribution in [-0.4, -0.2) is 30.9 Å². The van der Waals surface area contributed by atoms with Crippen molar-refractivity contribution in [1.82, 2.24) is 19.8 Å². The fraction of sp³-hybridized carbons (Fsp3) is 0.500. The van der Waals surface area contributed by atoms with Crippen molar-refractivity contribution in [3.8, 4) is 0 Å². The summed E-state index contributed by atoms with van der Waals surface area (Å²) in [6.07, 6.45) is 2.37. The van der Waals surface area contributed by atoms with Gasteiger partial charge in [0.1, 0.15) is 11.3 Å². The third-order valence-corrected chi connectivity index (χ3v) is 2.91. The van der Waals surface area contributed by atoms with Gasteiger partial charge in [0, 0.05) is 12.8 Å². The summed E-state index contributed by atoms with van der Waals surface area (Å²) < 4.78 is 1.60. The first-order valence-corrected chi connectivity index (χ1v) is 5.34. The van der Waals surface area contributed by atoms with E-state index in [9.17, 15) is 4.79 Å². The highest BCUT2D eigenvalue weighted by Gasteiger charge is 2.12. The molecule has 0 radical (unpaired) electrons. The van der Waals surface area contributed by atoms with Gasteiger partial charge in [-0.05, 0) is 5.92 Å². The standard InChI is InChI=1S/C8H10N4O2S/c1-5(3-7(13)14)2-6-11-12-4-9-10-8(12)15-6/h4-5H,2-3H2,1H3,(H,13,14). The number of fused-ring (bicyclic) bond motifs is 1. The summed E-state index contributed by atoms with van der Waals surface area (Å²) in [4.78, 5) is 11.2. The van der Waals surface area contributed by atoms with E-state index in [1.165, 1.54) is 17.7 Å². The van der Waals surface area contributed by atoms with Gasteiger partial charge in [0.25, 0.3) is 0 Å². The van der Waals surface area contributed by atoms with Gasteiger partial charge in [-0.3, -0.25) is 4.79 Å². The van der Waals surface area contributed by atoms with Crippen LogP contribution in [0.5, 0.6) is 0 Å². The molecule has 1 atom stereocenters. The summed E-state index contributed by atoms with van der Waals surface area (Å²) in [5, 5.41) is 21.3. The molecule has 6 nitrogen and oxygen atoms in total. The van der Waals surface area contributed by atoms with E-state index in [1.54, 1.807) is 4.52 Å². The van der Waals surface area contributed by atoms with Crippen molar-refractivity contribution in [2.45, 2.75) is 19.8 Å². The Morgan fingerprint density at radius 3 is 3.20 bits per heavy atom. The zero-order valence-electron chi connectivity index (χ0n) is 8.12. The zero-order chi connectivity index (χ0) is 10.8. The average Bonchev–Trinajstić information content (AvgIpc) is 2.60. The van der Waals surface area contributed by atoms with Gasteiger partial charge >= 0.3 is 5.97 Å². The summed E-state index contributed by atoms with van der Waals surface area (Å²) in [5.74, 6) is -0.684. The monoisotopic (exact) mass is 226 g/mol. The third-order valence-electron chi connectivity index (χ3n) is 1.97.